The van der Waals surface area contributed by atoms with Gasteiger partial charge in [-0.3, -0.25) is 0 Å². The summed E-state index contributed by atoms with van der Waals surface area (Å²) in [7, 11) is 0. The monoisotopic (exact) mass is 382 g/mol. The molecule has 5 heteroatoms. The first kappa shape index (κ1) is 18.3. The maximum absolute atomic E-state index is 11.9. The number of hydrogen-bond donors (Lipinski definition) is 2. The highest BCUT2D eigenvalue weighted by Crippen LogP contribution is 2.39. The normalized spacial score (nSPS) is 17.4. The third-order valence-corrected chi connectivity index (χ3v) is 4.62. The van der Waals surface area contributed by atoms with E-state index in [0.717, 1.165) is 11.0 Å². The molecule has 0 radical (unpaired) electrons. The second-order valence-corrected chi connectivity index (χ2v) is 8.44. The van der Waals surface area contributed by atoms with Gasteiger partial charge in [-0.2, -0.15) is 0 Å². The van der Waals surface area contributed by atoms with Crippen LogP contribution in [0.15, 0.2) is 28.7 Å². The van der Waals surface area contributed by atoms with Crippen molar-refractivity contribution in [2.75, 3.05) is 6.54 Å². The predicted molar refractivity (Wildman–Crippen MR) is 96.3 cm³/mol. The molecule has 1 aliphatic rings. The Hall–Kier alpha value is -1.07. The lowest BCUT2D eigenvalue weighted by Gasteiger charge is -2.32. The van der Waals surface area contributed by atoms with E-state index >= 15 is 0 Å². The average molecular weight is 383 g/mol. The van der Waals surface area contributed by atoms with Gasteiger partial charge in [0.2, 0.25) is 0 Å². The summed E-state index contributed by atoms with van der Waals surface area (Å²) in [6.45, 7) is 9.16. The molecule has 2 N–H and O–H groups in total. The van der Waals surface area contributed by atoms with Crippen LogP contribution in [0.4, 0.5) is 4.79 Å². The van der Waals surface area contributed by atoms with Gasteiger partial charge < -0.3 is 15.4 Å². The molecule has 23 heavy (non-hydrogen) atoms. The largest absolute Gasteiger partial charge is 0.444 e. The molecule has 1 unspecified atom stereocenters. The van der Waals surface area contributed by atoms with Crippen molar-refractivity contribution in [2.24, 2.45) is 5.92 Å². The van der Waals surface area contributed by atoms with Crippen molar-refractivity contribution >= 4 is 22.0 Å². The Morgan fingerprint density at radius 1 is 1.22 bits per heavy atom. The van der Waals surface area contributed by atoms with Gasteiger partial charge in [-0.15, -0.1) is 0 Å². The fourth-order valence-corrected chi connectivity index (χ4v) is 2.81. The highest BCUT2D eigenvalue weighted by molar-refractivity contribution is 9.10. The van der Waals surface area contributed by atoms with Crippen LogP contribution in [-0.4, -0.2) is 23.8 Å². The van der Waals surface area contributed by atoms with Gasteiger partial charge in [-0.25, -0.2) is 4.79 Å². The molecule has 1 aliphatic carbocycles. The van der Waals surface area contributed by atoms with E-state index in [1.54, 1.807) is 0 Å². The van der Waals surface area contributed by atoms with Gasteiger partial charge in [0.15, 0.2) is 0 Å². The summed E-state index contributed by atoms with van der Waals surface area (Å²) in [5.74, 6) is 0.605. The van der Waals surface area contributed by atoms with Crippen molar-refractivity contribution in [1.29, 1.82) is 0 Å². The number of nitrogens with one attached hydrogen (secondary N) is 2. The number of ether oxygens (including phenoxy) is 1. The maximum Gasteiger partial charge on any atom is 0.407 e. The number of rotatable bonds is 6. The topological polar surface area (TPSA) is 50.4 Å². The number of amides is 1. The Balaban J connectivity index is 1.88. The van der Waals surface area contributed by atoms with Crippen molar-refractivity contribution in [1.82, 2.24) is 10.6 Å². The first-order chi connectivity index (χ1) is 10.7. The van der Waals surface area contributed by atoms with Crippen LogP contribution < -0.4 is 10.6 Å². The smallest absolute Gasteiger partial charge is 0.407 e. The van der Waals surface area contributed by atoms with Crippen LogP contribution in [0.25, 0.3) is 0 Å². The zero-order valence-electron chi connectivity index (χ0n) is 14.4. The minimum atomic E-state index is -0.467. The lowest BCUT2D eigenvalue weighted by atomic mass is 9.95. The molecule has 1 saturated carbocycles. The highest BCUT2D eigenvalue weighted by Gasteiger charge is 2.41. The SMILES string of the molecule is CC(C)(C)OC(=O)NCC(C)(NCc1ccc(Br)cc1)C1CC1. The van der Waals surface area contributed by atoms with Crippen molar-refractivity contribution in [2.45, 2.75) is 58.2 Å². The lowest BCUT2D eigenvalue weighted by Crippen LogP contribution is -2.53. The van der Waals surface area contributed by atoms with E-state index in [1.807, 2.05) is 32.9 Å². The fourth-order valence-electron chi connectivity index (χ4n) is 2.55. The van der Waals surface area contributed by atoms with Crippen LogP contribution in [0.2, 0.25) is 0 Å². The number of hydrogen-bond acceptors (Lipinski definition) is 3. The molecule has 0 spiro atoms. The number of carbonyl (C=O) groups excluding carboxylic acids is 1. The third-order valence-electron chi connectivity index (χ3n) is 4.09. The van der Waals surface area contributed by atoms with Gasteiger partial charge in [0.25, 0.3) is 0 Å². The molecular weight excluding hydrogens is 356 g/mol. The summed E-state index contributed by atoms with van der Waals surface area (Å²) >= 11 is 3.45. The van der Waals surface area contributed by atoms with E-state index in [4.69, 9.17) is 4.74 Å². The quantitative estimate of drug-likeness (QED) is 0.773. The summed E-state index contributed by atoms with van der Waals surface area (Å²) in [4.78, 5) is 11.9. The Bertz CT molecular complexity index is 535. The molecule has 2 rings (SSSR count). The molecule has 1 aromatic rings. The number of carbonyl (C=O) groups is 1. The van der Waals surface area contributed by atoms with Crippen molar-refractivity contribution in [3.05, 3.63) is 34.3 Å². The van der Waals surface area contributed by atoms with Crippen molar-refractivity contribution in [3.63, 3.8) is 0 Å². The first-order valence-corrected chi connectivity index (χ1v) is 8.94. The van der Waals surface area contributed by atoms with Gasteiger partial charge in [-0.1, -0.05) is 28.1 Å². The molecular formula is C18H27BrN2O2. The summed E-state index contributed by atoms with van der Waals surface area (Å²) in [6, 6.07) is 8.30. The first-order valence-electron chi connectivity index (χ1n) is 8.14. The standard InChI is InChI=1S/C18H27BrN2O2/c1-17(2,3)23-16(22)20-12-18(4,14-7-8-14)21-11-13-5-9-15(19)10-6-13/h5-6,9-10,14,21H,7-8,11-12H2,1-4H3,(H,20,22). The molecule has 0 aliphatic heterocycles. The minimum Gasteiger partial charge on any atom is -0.444 e. The van der Waals surface area contributed by atoms with Crippen molar-refractivity contribution in [3.8, 4) is 0 Å². The fraction of sp³-hybridized carbons (Fsp3) is 0.611. The van der Waals surface area contributed by atoms with Crippen LogP contribution in [0.5, 0.6) is 0 Å². The molecule has 0 saturated heterocycles. The molecule has 1 aromatic carbocycles. The van der Waals surface area contributed by atoms with Gasteiger partial charge in [0.05, 0.1) is 0 Å². The molecule has 0 heterocycles. The molecule has 0 bridgehead atoms. The zero-order chi connectivity index (χ0) is 17.1. The van der Waals surface area contributed by atoms with Crippen LogP contribution >= 0.6 is 15.9 Å². The van der Waals surface area contributed by atoms with E-state index in [9.17, 15) is 4.79 Å². The molecule has 1 amide bonds. The molecule has 1 atom stereocenters. The highest BCUT2D eigenvalue weighted by atomic mass is 79.9. The second kappa shape index (κ2) is 7.22. The number of benzene rings is 1. The van der Waals surface area contributed by atoms with E-state index in [-0.39, 0.29) is 11.6 Å². The predicted octanol–water partition coefficient (Wildman–Crippen LogP) is 4.23. The Morgan fingerprint density at radius 3 is 2.35 bits per heavy atom. The van der Waals surface area contributed by atoms with Gasteiger partial charge in [0, 0.05) is 23.1 Å². The van der Waals surface area contributed by atoms with Crippen LogP contribution in [0, 0.1) is 5.92 Å². The maximum atomic E-state index is 11.9. The third kappa shape index (κ3) is 6.15. The Labute approximate surface area is 147 Å². The second-order valence-electron chi connectivity index (χ2n) is 7.53. The van der Waals surface area contributed by atoms with Gasteiger partial charge in [-0.05, 0) is 64.2 Å². The van der Waals surface area contributed by atoms with Gasteiger partial charge >= 0.3 is 6.09 Å². The van der Waals surface area contributed by atoms with Crippen LogP contribution in [0.3, 0.4) is 0 Å². The van der Waals surface area contributed by atoms with Gasteiger partial charge in [0.1, 0.15) is 5.60 Å². The van der Waals surface area contributed by atoms with Crippen LogP contribution in [0.1, 0.15) is 46.1 Å². The summed E-state index contributed by atoms with van der Waals surface area (Å²) in [5, 5.41) is 6.54. The summed E-state index contributed by atoms with van der Waals surface area (Å²) < 4.78 is 6.41. The van der Waals surface area contributed by atoms with Crippen molar-refractivity contribution < 1.29 is 9.53 Å². The minimum absolute atomic E-state index is 0.107. The number of halogens is 1. The van der Waals surface area contributed by atoms with E-state index in [2.05, 4.69) is 45.6 Å². The molecule has 0 aromatic heterocycles. The zero-order valence-corrected chi connectivity index (χ0v) is 16.0. The van der Waals surface area contributed by atoms with Crippen LogP contribution in [-0.2, 0) is 11.3 Å². The Morgan fingerprint density at radius 2 is 1.83 bits per heavy atom. The molecule has 128 valence electrons. The molecule has 1 fully saturated rings. The number of alkyl carbamates (subject to hydrolysis) is 1. The van der Waals surface area contributed by atoms with E-state index in [1.165, 1.54) is 18.4 Å². The van der Waals surface area contributed by atoms with E-state index < -0.39 is 5.60 Å². The summed E-state index contributed by atoms with van der Waals surface area (Å²) in [6.07, 6.45) is 2.06. The molecule has 4 nitrogen and oxygen atoms in total. The Kier molecular flexibility index (Phi) is 5.74. The summed E-state index contributed by atoms with van der Waals surface area (Å²) in [5.41, 5.74) is 0.659. The lowest BCUT2D eigenvalue weighted by molar-refractivity contribution is 0.0507. The average Bonchev–Trinajstić information content (AvgIpc) is 3.28. The van der Waals surface area contributed by atoms with E-state index in [0.29, 0.717) is 12.5 Å².